The average Bonchev–Trinajstić information content (AvgIpc) is 2.54. The molecule has 0 saturated carbocycles. The molecule has 3 rings (SSSR count). The quantitative estimate of drug-likeness (QED) is 0.571. The van der Waals surface area contributed by atoms with E-state index in [0.717, 1.165) is 17.1 Å². The molecule has 0 aliphatic rings. The Bertz CT molecular complexity index is 790. The standard InChI is InChI=1S/C20H22N2S.ClH/c1-15(14-22(2)3)23-20-18(16-9-5-4-6-10-16)13-17-11-7-8-12-19(17)21-20;/h4-13,15H,14H2,1-3H3;1H. The molecule has 0 bridgehead atoms. The number of halogens is 1. The van der Waals surface area contributed by atoms with Crippen LogP contribution < -0.4 is 0 Å². The third kappa shape index (κ3) is 4.50. The monoisotopic (exact) mass is 358 g/mol. The minimum Gasteiger partial charge on any atom is -0.308 e. The van der Waals surface area contributed by atoms with E-state index in [1.165, 1.54) is 16.5 Å². The molecule has 0 amide bonds. The van der Waals surface area contributed by atoms with Gasteiger partial charge in [-0.2, -0.15) is 0 Å². The summed E-state index contributed by atoms with van der Waals surface area (Å²) in [5.74, 6) is 0. The van der Waals surface area contributed by atoms with E-state index in [-0.39, 0.29) is 12.4 Å². The third-order valence-electron chi connectivity index (χ3n) is 3.71. The summed E-state index contributed by atoms with van der Waals surface area (Å²) < 4.78 is 0. The number of benzene rings is 2. The summed E-state index contributed by atoms with van der Waals surface area (Å²) in [7, 11) is 4.23. The summed E-state index contributed by atoms with van der Waals surface area (Å²) in [6.07, 6.45) is 0. The van der Waals surface area contributed by atoms with Crippen molar-refractivity contribution in [1.82, 2.24) is 9.88 Å². The molecule has 0 fully saturated rings. The second-order valence-corrected chi connectivity index (χ2v) is 7.52. The summed E-state index contributed by atoms with van der Waals surface area (Å²) in [5.41, 5.74) is 3.51. The molecule has 2 aromatic carbocycles. The molecular weight excluding hydrogens is 336 g/mol. The number of aromatic nitrogens is 1. The van der Waals surface area contributed by atoms with E-state index in [1.807, 2.05) is 11.8 Å². The molecule has 1 aromatic heterocycles. The Morgan fingerprint density at radius 2 is 1.67 bits per heavy atom. The zero-order valence-electron chi connectivity index (χ0n) is 14.3. The van der Waals surface area contributed by atoms with Crippen LogP contribution in [0.3, 0.4) is 0 Å². The highest BCUT2D eigenvalue weighted by molar-refractivity contribution is 8.00. The van der Waals surface area contributed by atoms with Gasteiger partial charge in [-0.3, -0.25) is 0 Å². The fourth-order valence-corrected chi connectivity index (χ4v) is 3.96. The second-order valence-electron chi connectivity index (χ2n) is 6.09. The predicted octanol–water partition coefficient (Wildman–Crippen LogP) is 5.37. The van der Waals surface area contributed by atoms with Crippen LogP contribution in [0.25, 0.3) is 22.0 Å². The van der Waals surface area contributed by atoms with Crippen molar-refractivity contribution in [3.05, 3.63) is 60.7 Å². The van der Waals surface area contributed by atoms with Crippen molar-refractivity contribution in [2.75, 3.05) is 20.6 Å². The molecule has 0 aliphatic carbocycles. The number of fused-ring (bicyclic) bond motifs is 1. The van der Waals surface area contributed by atoms with Gasteiger partial charge in [-0.05, 0) is 31.8 Å². The van der Waals surface area contributed by atoms with Crippen molar-refractivity contribution < 1.29 is 0 Å². The van der Waals surface area contributed by atoms with Crippen LogP contribution >= 0.6 is 24.2 Å². The van der Waals surface area contributed by atoms with Gasteiger partial charge in [0, 0.05) is 22.7 Å². The van der Waals surface area contributed by atoms with E-state index in [9.17, 15) is 0 Å². The van der Waals surface area contributed by atoms with Gasteiger partial charge in [-0.25, -0.2) is 4.98 Å². The first kappa shape index (κ1) is 18.8. The first-order chi connectivity index (χ1) is 11.1. The second kappa shape index (κ2) is 8.52. The van der Waals surface area contributed by atoms with Crippen molar-refractivity contribution >= 4 is 35.1 Å². The maximum Gasteiger partial charge on any atom is 0.105 e. The van der Waals surface area contributed by atoms with Crippen LogP contribution in [0, 0.1) is 0 Å². The number of hydrogen-bond donors (Lipinski definition) is 0. The maximum atomic E-state index is 4.94. The van der Waals surface area contributed by atoms with Crippen LogP contribution in [-0.4, -0.2) is 35.8 Å². The first-order valence-corrected chi connectivity index (χ1v) is 8.78. The Morgan fingerprint density at radius 1 is 1.00 bits per heavy atom. The van der Waals surface area contributed by atoms with Crippen LogP contribution in [0.1, 0.15) is 6.92 Å². The Morgan fingerprint density at radius 3 is 2.38 bits per heavy atom. The van der Waals surface area contributed by atoms with Crippen molar-refractivity contribution in [2.24, 2.45) is 0 Å². The molecule has 0 aliphatic heterocycles. The molecule has 3 aromatic rings. The first-order valence-electron chi connectivity index (χ1n) is 7.90. The summed E-state index contributed by atoms with van der Waals surface area (Å²) in [6.45, 7) is 3.30. The van der Waals surface area contributed by atoms with Gasteiger partial charge >= 0.3 is 0 Å². The van der Waals surface area contributed by atoms with Crippen LogP contribution in [0.2, 0.25) is 0 Å². The lowest BCUT2D eigenvalue weighted by molar-refractivity contribution is 0.413. The molecule has 1 unspecified atom stereocenters. The lowest BCUT2D eigenvalue weighted by Gasteiger charge is -2.18. The van der Waals surface area contributed by atoms with Gasteiger partial charge in [-0.15, -0.1) is 24.2 Å². The Labute approximate surface area is 154 Å². The molecule has 126 valence electrons. The van der Waals surface area contributed by atoms with Crippen molar-refractivity contribution in [3.63, 3.8) is 0 Å². The van der Waals surface area contributed by atoms with Gasteiger partial charge in [0.25, 0.3) is 0 Å². The fraction of sp³-hybridized carbons (Fsp3) is 0.250. The highest BCUT2D eigenvalue weighted by Crippen LogP contribution is 2.34. The largest absolute Gasteiger partial charge is 0.308 e. The maximum absolute atomic E-state index is 4.94. The van der Waals surface area contributed by atoms with Gasteiger partial charge in [0.1, 0.15) is 5.03 Å². The zero-order valence-corrected chi connectivity index (χ0v) is 15.9. The Kier molecular flexibility index (Phi) is 6.67. The number of nitrogens with zero attached hydrogens (tertiary/aromatic N) is 2. The smallest absolute Gasteiger partial charge is 0.105 e. The van der Waals surface area contributed by atoms with E-state index in [0.29, 0.717) is 5.25 Å². The highest BCUT2D eigenvalue weighted by Gasteiger charge is 2.13. The van der Waals surface area contributed by atoms with Gasteiger partial charge in [0.2, 0.25) is 0 Å². The molecule has 4 heteroatoms. The van der Waals surface area contributed by atoms with Gasteiger partial charge in [0.15, 0.2) is 0 Å². The summed E-state index contributed by atoms with van der Waals surface area (Å²) in [5, 5.41) is 2.79. The molecule has 1 atom stereocenters. The molecule has 0 saturated heterocycles. The van der Waals surface area contributed by atoms with Gasteiger partial charge in [0.05, 0.1) is 5.52 Å². The summed E-state index contributed by atoms with van der Waals surface area (Å²) in [4.78, 5) is 7.17. The fourth-order valence-electron chi connectivity index (χ4n) is 2.75. The topological polar surface area (TPSA) is 16.1 Å². The minimum absolute atomic E-state index is 0. The van der Waals surface area contributed by atoms with Crippen molar-refractivity contribution in [2.45, 2.75) is 17.2 Å². The van der Waals surface area contributed by atoms with E-state index in [2.05, 4.69) is 86.6 Å². The Hall–Kier alpha value is -1.55. The molecule has 24 heavy (non-hydrogen) atoms. The van der Waals surface area contributed by atoms with Crippen LogP contribution in [-0.2, 0) is 0 Å². The Balaban J connectivity index is 0.00000208. The molecule has 1 heterocycles. The molecule has 0 radical (unpaired) electrons. The summed E-state index contributed by atoms with van der Waals surface area (Å²) in [6, 6.07) is 21.2. The predicted molar refractivity (Wildman–Crippen MR) is 108 cm³/mol. The molecule has 0 spiro atoms. The van der Waals surface area contributed by atoms with Crippen molar-refractivity contribution in [1.29, 1.82) is 0 Å². The van der Waals surface area contributed by atoms with Crippen LogP contribution in [0.5, 0.6) is 0 Å². The average molecular weight is 359 g/mol. The summed E-state index contributed by atoms with van der Waals surface area (Å²) >= 11 is 1.86. The van der Waals surface area contributed by atoms with E-state index in [4.69, 9.17) is 4.98 Å². The van der Waals surface area contributed by atoms with E-state index in [1.54, 1.807) is 0 Å². The van der Waals surface area contributed by atoms with Crippen LogP contribution in [0.4, 0.5) is 0 Å². The lowest BCUT2D eigenvalue weighted by atomic mass is 10.1. The number of pyridine rings is 1. The minimum atomic E-state index is 0. The number of para-hydroxylation sites is 1. The normalized spacial score (nSPS) is 12.2. The SMILES string of the molecule is CC(CN(C)C)Sc1nc2ccccc2cc1-c1ccccc1.Cl. The number of thioether (sulfide) groups is 1. The van der Waals surface area contributed by atoms with Gasteiger partial charge < -0.3 is 4.90 Å². The van der Waals surface area contributed by atoms with Crippen molar-refractivity contribution in [3.8, 4) is 11.1 Å². The van der Waals surface area contributed by atoms with E-state index >= 15 is 0 Å². The van der Waals surface area contributed by atoms with Crippen LogP contribution in [0.15, 0.2) is 65.7 Å². The zero-order chi connectivity index (χ0) is 16.2. The molecular formula is C20H23ClN2S. The van der Waals surface area contributed by atoms with E-state index < -0.39 is 0 Å². The molecule has 2 nitrogen and oxygen atoms in total. The lowest BCUT2D eigenvalue weighted by Crippen LogP contribution is -2.21. The third-order valence-corrected chi connectivity index (χ3v) is 4.79. The van der Waals surface area contributed by atoms with Gasteiger partial charge in [-0.1, -0.05) is 55.5 Å². The number of rotatable bonds is 5. The highest BCUT2D eigenvalue weighted by atomic mass is 35.5. The number of hydrogen-bond acceptors (Lipinski definition) is 3. The molecule has 0 N–H and O–H groups in total.